The fraction of sp³-hybridized carbons (Fsp3) is 0.500. The minimum absolute atomic E-state index is 0.0931. The van der Waals surface area contributed by atoms with Crippen molar-refractivity contribution < 1.29 is 23.7 Å². The van der Waals surface area contributed by atoms with E-state index in [4.69, 9.17) is 14.2 Å². The fourth-order valence-corrected chi connectivity index (χ4v) is 2.80. The average Bonchev–Trinajstić information content (AvgIpc) is 3.31. The zero-order valence-electron chi connectivity index (χ0n) is 17.5. The first-order chi connectivity index (χ1) is 12.7. The molecule has 5 heteroatoms. The fourth-order valence-electron chi connectivity index (χ4n) is 2.80. The Labute approximate surface area is 163 Å². The minimum Gasteiger partial charge on any atom is -0.493 e. The highest BCUT2D eigenvalue weighted by atomic mass is 16.6. The molecule has 1 aliphatic heterocycles. The van der Waals surface area contributed by atoms with Gasteiger partial charge >= 0.3 is 5.97 Å². The van der Waals surface area contributed by atoms with Gasteiger partial charge in [-0.2, -0.15) is 0 Å². The number of esters is 1. The summed E-state index contributed by atoms with van der Waals surface area (Å²) in [5.74, 6) is 0.641. The number of ether oxygens (including phenoxy) is 4. The van der Waals surface area contributed by atoms with Crippen molar-refractivity contribution >= 4 is 5.97 Å². The van der Waals surface area contributed by atoms with Gasteiger partial charge < -0.3 is 18.9 Å². The van der Waals surface area contributed by atoms with Gasteiger partial charge in [0.1, 0.15) is 6.10 Å². The zero-order valence-corrected chi connectivity index (χ0v) is 17.5. The van der Waals surface area contributed by atoms with Gasteiger partial charge in [0.2, 0.25) is 0 Å². The summed E-state index contributed by atoms with van der Waals surface area (Å²) in [5, 5.41) is 0. The van der Waals surface area contributed by atoms with Crippen LogP contribution in [-0.4, -0.2) is 39.0 Å². The van der Waals surface area contributed by atoms with E-state index in [1.165, 1.54) is 33.0 Å². The maximum Gasteiger partial charge on any atom is 0.334 e. The van der Waals surface area contributed by atoms with Crippen LogP contribution in [0, 0.1) is 5.92 Å². The van der Waals surface area contributed by atoms with Gasteiger partial charge in [0.15, 0.2) is 11.5 Å². The highest BCUT2D eigenvalue weighted by molar-refractivity contribution is 5.83. The summed E-state index contributed by atoms with van der Waals surface area (Å²) in [6.07, 6.45) is 10.1. The topological polar surface area (TPSA) is 57.3 Å². The molecule has 1 saturated heterocycles. The van der Waals surface area contributed by atoms with E-state index < -0.39 is 5.97 Å². The Bertz CT molecular complexity index is 668. The Hall–Kier alpha value is -2.27. The van der Waals surface area contributed by atoms with Gasteiger partial charge in [0.05, 0.1) is 33.0 Å². The zero-order chi connectivity index (χ0) is 20.6. The van der Waals surface area contributed by atoms with Gasteiger partial charge in [-0.05, 0) is 44.8 Å². The maximum atomic E-state index is 11.4. The third-order valence-electron chi connectivity index (χ3n) is 4.74. The molecule has 3 atom stereocenters. The number of hydrogen-bond acceptors (Lipinski definition) is 5. The van der Waals surface area contributed by atoms with Crippen LogP contribution in [0.4, 0.5) is 0 Å². The quantitative estimate of drug-likeness (QED) is 0.140. The lowest BCUT2D eigenvalue weighted by Crippen LogP contribution is -2.14. The highest BCUT2D eigenvalue weighted by Crippen LogP contribution is 2.43. The second-order valence-corrected chi connectivity index (χ2v) is 6.96. The van der Waals surface area contributed by atoms with Crippen LogP contribution in [0.1, 0.15) is 34.1 Å². The van der Waals surface area contributed by atoms with Crippen LogP contribution in [0.2, 0.25) is 0 Å². The molecular weight excluding hydrogens is 344 g/mol. The molecule has 0 spiro atoms. The van der Waals surface area contributed by atoms with Crippen molar-refractivity contribution in [2.24, 2.45) is 5.92 Å². The second-order valence-electron chi connectivity index (χ2n) is 6.96. The first-order valence-electron chi connectivity index (χ1n) is 8.95. The lowest BCUT2D eigenvalue weighted by Gasteiger charge is -2.15. The largest absolute Gasteiger partial charge is 0.493 e. The Morgan fingerprint density at radius 2 is 1.70 bits per heavy atom. The lowest BCUT2D eigenvalue weighted by atomic mass is 9.89. The van der Waals surface area contributed by atoms with Gasteiger partial charge in [0, 0.05) is 0 Å². The van der Waals surface area contributed by atoms with Crippen molar-refractivity contribution in [2.45, 2.75) is 45.8 Å². The Morgan fingerprint density at radius 1 is 1.11 bits per heavy atom. The van der Waals surface area contributed by atoms with Crippen LogP contribution >= 0.6 is 0 Å². The van der Waals surface area contributed by atoms with E-state index in [0.29, 0.717) is 17.4 Å². The summed E-state index contributed by atoms with van der Waals surface area (Å²) in [6, 6.07) is 0. The number of rotatable bonds is 10. The van der Waals surface area contributed by atoms with Crippen LogP contribution in [-0.2, 0) is 23.7 Å². The summed E-state index contributed by atoms with van der Waals surface area (Å²) in [5.41, 5.74) is 2.13. The smallest absolute Gasteiger partial charge is 0.334 e. The lowest BCUT2D eigenvalue weighted by molar-refractivity contribution is -0.135. The first-order valence-corrected chi connectivity index (χ1v) is 8.95. The maximum absolute atomic E-state index is 11.4. The van der Waals surface area contributed by atoms with E-state index in [1.807, 2.05) is 25.2 Å². The Kier molecular flexibility index (Phi) is 8.57. The van der Waals surface area contributed by atoms with Crippen molar-refractivity contribution in [3.8, 4) is 0 Å². The molecule has 0 aromatic heterocycles. The number of methoxy groups -OCH3 is 3. The second kappa shape index (κ2) is 10.2. The van der Waals surface area contributed by atoms with Crippen molar-refractivity contribution in [3.05, 3.63) is 59.6 Å². The summed E-state index contributed by atoms with van der Waals surface area (Å²) in [7, 11) is 4.31. The standard InChI is InChI=1S/C22H32O5/c1-9-20-22(5,27-20)14-17(4)16(3)11-10-15(2)12-18(24-6)19(25-7)13-21(23)26-8/h9-13,17,20H,1,14H2,2-8H3/b15-10+,16-11+,18-12+,19-13+/t17?,20?,22-/m0/s1. The van der Waals surface area contributed by atoms with Gasteiger partial charge in [0.25, 0.3) is 0 Å². The molecule has 0 N–H and O–H groups in total. The predicted octanol–water partition coefficient (Wildman–Crippen LogP) is 4.48. The normalized spacial score (nSPS) is 24.9. The van der Waals surface area contributed by atoms with E-state index >= 15 is 0 Å². The molecule has 150 valence electrons. The molecule has 0 aliphatic carbocycles. The number of carbonyl (C=O) groups excluding carboxylic acids is 1. The van der Waals surface area contributed by atoms with Crippen molar-refractivity contribution in [2.75, 3.05) is 21.3 Å². The van der Waals surface area contributed by atoms with Gasteiger partial charge in [-0.15, -0.1) is 6.58 Å². The first kappa shape index (κ1) is 22.8. The molecule has 27 heavy (non-hydrogen) atoms. The van der Waals surface area contributed by atoms with Gasteiger partial charge in [-0.3, -0.25) is 0 Å². The highest BCUT2D eigenvalue weighted by Gasteiger charge is 2.50. The van der Waals surface area contributed by atoms with Crippen molar-refractivity contribution in [1.82, 2.24) is 0 Å². The molecule has 0 amide bonds. The van der Waals surface area contributed by atoms with E-state index in [0.717, 1.165) is 12.0 Å². The monoisotopic (exact) mass is 376 g/mol. The number of allylic oxidation sites excluding steroid dienone is 5. The molecular formula is C22H32O5. The number of carbonyl (C=O) groups is 1. The molecule has 5 nitrogen and oxygen atoms in total. The molecule has 0 saturated carbocycles. The van der Waals surface area contributed by atoms with E-state index in [-0.39, 0.29) is 11.7 Å². The van der Waals surface area contributed by atoms with Crippen LogP contribution < -0.4 is 0 Å². The molecule has 0 bridgehead atoms. The average molecular weight is 376 g/mol. The summed E-state index contributed by atoms with van der Waals surface area (Å²) in [6.45, 7) is 12.2. The van der Waals surface area contributed by atoms with Crippen molar-refractivity contribution in [1.29, 1.82) is 0 Å². The van der Waals surface area contributed by atoms with Crippen LogP contribution in [0.15, 0.2) is 59.6 Å². The molecule has 0 aromatic carbocycles. The summed E-state index contributed by atoms with van der Waals surface area (Å²) >= 11 is 0. The molecule has 0 radical (unpaired) electrons. The summed E-state index contributed by atoms with van der Waals surface area (Å²) < 4.78 is 20.9. The van der Waals surface area contributed by atoms with E-state index in [1.54, 1.807) is 0 Å². The van der Waals surface area contributed by atoms with Crippen LogP contribution in [0.25, 0.3) is 0 Å². The van der Waals surface area contributed by atoms with Crippen LogP contribution in [0.5, 0.6) is 0 Å². The summed E-state index contributed by atoms with van der Waals surface area (Å²) in [4.78, 5) is 11.4. The van der Waals surface area contributed by atoms with E-state index in [2.05, 4.69) is 38.2 Å². The SMILES string of the molecule is C=CC1O[C@@]1(C)CC(C)/C(C)=C/C=C(C)/C=C(OC)\C(=C/C(=O)OC)OC. The third-order valence-corrected chi connectivity index (χ3v) is 4.74. The minimum atomic E-state index is -0.505. The molecule has 2 unspecified atom stereocenters. The third kappa shape index (κ3) is 6.75. The van der Waals surface area contributed by atoms with Gasteiger partial charge in [-0.1, -0.05) is 30.7 Å². The molecule has 1 aliphatic rings. The Morgan fingerprint density at radius 3 is 2.19 bits per heavy atom. The Balaban J connectivity index is 2.87. The van der Waals surface area contributed by atoms with E-state index in [9.17, 15) is 4.79 Å². The van der Waals surface area contributed by atoms with Gasteiger partial charge in [-0.25, -0.2) is 4.79 Å². The van der Waals surface area contributed by atoms with Crippen molar-refractivity contribution in [3.63, 3.8) is 0 Å². The molecule has 1 rings (SSSR count). The van der Waals surface area contributed by atoms with Crippen LogP contribution in [0.3, 0.4) is 0 Å². The predicted molar refractivity (Wildman–Crippen MR) is 107 cm³/mol. The molecule has 1 fully saturated rings. The number of epoxide rings is 1. The molecule has 0 aromatic rings. The molecule has 1 heterocycles. The number of hydrogen-bond donors (Lipinski definition) is 0.